The number of carbonyl (C=O) groups excluding carboxylic acids is 1. The number of hydrogen-bond donors (Lipinski definition) is 1. The monoisotopic (exact) mass is 448 g/mol. The lowest BCUT2D eigenvalue weighted by atomic mass is 10.1. The van der Waals surface area contributed by atoms with E-state index in [-0.39, 0.29) is 23.3 Å². The van der Waals surface area contributed by atoms with Crippen molar-refractivity contribution in [3.8, 4) is 5.75 Å². The van der Waals surface area contributed by atoms with Gasteiger partial charge in [-0.25, -0.2) is 4.39 Å². The normalized spacial score (nSPS) is 10.8. The summed E-state index contributed by atoms with van der Waals surface area (Å²) >= 11 is 7.09. The van der Waals surface area contributed by atoms with E-state index in [0.29, 0.717) is 23.3 Å². The molecule has 0 aliphatic heterocycles. The lowest BCUT2D eigenvalue weighted by Crippen LogP contribution is -2.16. The van der Waals surface area contributed by atoms with Gasteiger partial charge in [-0.3, -0.25) is 4.79 Å². The summed E-state index contributed by atoms with van der Waals surface area (Å²) in [6, 6.07) is 10.0. The van der Waals surface area contributed by atoms with Crippen LogP contribution in [-0.4, -0.2) is 26.4 Å². The summed E-state index contributed by atoms with van der Waals surface area (Å²) in [5.41, 5.74) is 2.88. The lowest BCUT2D eigenvalue weighted by molar-refractivity contribution is -0.113. The summed E-state index contributed by atoms with van der Waals surface area (Å²) in [4.78, 5) is 12.4. The fourth-order valence-corrected chi connectivity index (χ4v) is 3.87. The van der Waals surface area contributed by atoms with Crippen molar-refractivity contribution in [2.45, 2.75) is 39.1 Å². The van der Waals surface area contributed by atoms with E-state index in [1.807, 2.05) is 43.5 Å². The van der Waals surface area contributed by atoms with Crippen LogP contribution in [0, 0.1) is 19.7 Å². The Hall–Kier alpha value is -2.58. The molecule has 0 spiro atoms. The molecule has 6 nitrogen and oxygen atoms in total. The molecule has 0 atom stereocenters. The summed E-state index contributed by atoms with van der Waals surface area (Å²) in [7, 11) is 0. The second kappa shape index (κ2) is 9.95. The van der Waals surface area contributed by atoms with E-state index < -0.39 is 5.82 Å². The molecule has 1 amide bonds. The molecule has 0 fully saturated rings. The van der Waals surface area contributed by atoms with Crippen LogP contribution in [0.25, 0.3) is 0 Å². The number of halogens is 2. The number of anilines is 1. The van der Waals surface area contributed by atoms with E-state index in [9.17, 15) is 9.18 Å². The van der Waals surface area contributed by atoms with Crippen molar-refractivity contribution in [3.63, 3.8) is 0 Å². The number of carbonyl (C=O) groups is 1. The van der Waals surface area contributed by atoms with Gasteiger partial charge < -0.3 is 14.6 Å². The van der Waals surface area contributed by atoms with Crippen LogP contribution in [0.3, 0.4) is 0 Å². The molecule has 0 unspecified atom stereocenters. The van der Waals surface area contributed by atoms with Crippen molar-refractivity contribution in [3.05, 3.63) is 64.2 Å². The Bertz CT molecular complexity index is 1040. The first-order valence-corrected chi connectivity index (χ1v) is 10.7. The maximum absolute atomic E-state index is 13.3. The van der Waals surface area contributed by atoms with Crippen molar-refractivity contribution in [2.24, 2.45) is 0 Å². The number of rotatable bonds is 8. The highest BCUT2D eigenvalue weighted by atomic mass is 35.5. The maximum Gasteiger partial charge on any atom is 0.234 e. The Balaban J connectivity index is 1.61. The Morgan fingerprint density at radius 3 is 2.63 bits per heavy atom. The van der Waals surface area contributed by atoms with E-state index in [0.717, 1.165) is 16.8 Å². The first kappa shape index (κ1) is 22.1. The third kappa shape index (κ3) is 5.31. The van der Waals surface area contributed by atoms with Crippen molar-refractivity contribution in [1.82, 2.24) is 14.8 Å². The number of para-hydroxylation sites is 1. The minimum Gasteiger partial charge on any atom is -0.486 e. The molecule has 0 saturated heterocycles. The number of hydrogen-bond acceptors (Lipinski definition) is 5. The quantitative estimate of drug-likeness (QED) is 0.490. The molecule has 0 radical (unpaired) electrons. The molecular formula is C21H22ClFN4O2S. The molecule has 9 heteroatoms. The second-order valence-corrected chi connectivity index (χ2v) is 7.96. The Labute approximate surface area is 183 Å². The van der Waals surface area contributed by atoms with Crippen LogP contribution in [0.4, 0.5) is 10.1 Å². The molecule has 1 heterocycles. The van der Waals surface area contributed by atoms with Gasteiger partial charge in [0, 0.05) is 18.3 Å². The van der Waals surface area contributed by atoms with E-state index in [2.05, 4.69) is 15.5 Å². The fraction of sp³-hybridized carbons (Fsp3) is 0.286. The second-order valence-electron chi connectivity index (χ2n) is 6.61. The summed E-state index contributed by atoms with van der Waals surface area (Å²) in [6.45, 7) is 6.66. The van der Waals surface area contributed by atoms with Gasteiger partial charge in [0.25, 0.3) is 0 Å². The standard InChI is InChI=1S/C21H22ClFN4O2S/c1-4-27-18(11-29-15-8-9-17(23)16(22)10-15)25-26-21(27)30-12-19(28)24-20-13(2)6-5-7-14(20)3/h5-10H,4,11-12H2,1-3H3,(H,24,28). The van der Waals surface area contributed by atoms with Gasteiger partial charge in [0.05, 0.1) is 10.8 Å². The van der Waals surface area contributed by atoms with Crippen LogP contribution in [0.1, 0.15) is 23.9 Å². The first-order valence-electron chi connectivity index (χ1n) is 9.37. The Morgan fingerprint density at radius 2 is 1.97 bits per heavy atom. The van der Waals surface area contributed by atoms with Crippen LogP contribution < -0.4 is 10.1 Å². The van der Waals surface area contributed by atoms with E-state index in [4.69, 9.17) is 16.3 Å². The van der Waals surface area contributed by atoms with Crippen molar-refractivity contribution in [2.75, 3.05) is 11.1 Å². The van der Waals surface area contributed by atoms with Gasteiger partial charge in [-0.15, -0.1) is 10.2 Å². The van der Waals surface area contributed by atoms with Crippen LogP contribution in [-0.2, 0) is 17.9 Å². The number of amides is 1. The molecule has 1 aromatic heterocycles. The van der Waals surface area contributed by atoms with Crippen molar-refractivity contribution in [1.29, 1.82) is 0 Å². The van der Waals surface area contributed by atoms with Crippen molar-refractivity contribution >= 4 is 35.0 Å². The molecule has 3 aromatic rings. The molecule has 0 saturated carbocycles. The molecule has 0 bridgehead atoms. The van der Waals surface area contributed by atoms with Crippen LogP contribution in [0.2, 0.25) is 5.02 Å². The van der Waals surface area contributed by atoms with Gasteiger partial charge in [0.2, 0.25) is 5.91 Å². The highest BCUT2D eigenvalue weighted by molar-refractivity contribution is 7.99. The molecule has 1 N–H and O–H groups in total. The number of aryl methyl sites for hydroxylation is 2. The molecule has 158 valence electrons. The van der Waals surface area contributed by atoms with E-state index in [1.165, 1.54) is 30.0 Å². The number of thioether (sulfide) groups is 1. The molecule has 3 rings (SSSR count). The Kier molecular flexibility index (Phi) is 7.33. The summed E-state index contributed by atoms with van der Waals surface area (Å²) in [5, 5.41) is 11.9. The average Bonchev–Trinajstić information content (AvgIpc) is 3.12. The minimum absolute atomic E-state index is 0.00407. The average molecular weight is 449 g/mol. The number of nitrogens with zero attached hydrogens (tertiary/aromatic N) is 3. The van der Waals surface area contributed by atoms with Crippen LogP contribution in [0.15, 0.2) is 41.6 Å². The Morgan fingerprint density at radius 1 is 1.23 bits per heavy atom. The molecule has 2 aromatic carbocycles. The molecular weight excluding hydrogens is 427 g/mol. The highest BCUT2D eigenvalue weighted by Crippen LogP contribution is 2.24. The number of ether oxygens (including phenoxy) is 1. The minimum atomic E-state index is -0.501. The van der Waals surface area contributed by atoms with Gasteiger partial charge in [0.1, 0.15) is 18.2 Å². The zero-order chi connectivity index (χ0) is 21.7. The smallest absolute Gasteiger partial charge is 0.234 e. The van der Waals surface area contributed by atoms with Gasteiger partial charge in [-0.1, -0.05) is 41.6 Å². The molecule has 0 aliphatic carbocycles. The number of benzene rings is 2. The fourth-order valence-electron chi connectivity index (χ4n) is 2.88. The number of aromatic nitrogens is 3. The van der Waals surface area contributed by atoms with E-state index in [1.54, 1.807) is 0 Å². The summed E-state index contributed by atoms with van der Waals surface area (Å²) in [6.07, 6.45) is 0. The topological polar surface area (TPSA) is 69.0 Å². The molecule has 30 heavy (non-hydrogen) atoms. The van der Waals surface area contributed by atoms with Gasteiger partial charge in [0.15, 0.2) is 11.0 Å². The zero-order valence-electron chi connectivity index (χ0n) is 16.9. The maximum atomic E-state index is 13.3. The third-order valence-corrected chi connectivity index (χ3v) is 5.70. The third-order valence-electron chi connectivity index (χ3n) is 4.45. The zero-order valence-corrected chi connectivity index (χ0v) is 18.5. The summed E-state index contributed by atoms with van der Waals surface area (Å²) < 4.78 is 20.8. The van der Waals surface area contributed by atoms with Crippen LogP contribution >= 0.6 is 23.4 Å². The van der Waals surface area contributed by atoms with E-state index >= 15 is 0 Å². The van der Waals surface area contributed by atoms with Gasteiger partial charge in [-0.2, -0.15) is 0 Å². The van der Waals surface area contributed by atoms with Crippen LogP contribution in [0.5, 0.6) is 5.75 Å². The van der Waals surface area contributed by atoms with Gasteiger partial charge in [-0.05, 0) is 44.0 Å². The SMILES string of the molecule is CCn1c(COc2ccc(F)c(Cl)c2)nnc1SCC(=O)Nc1c(C)cccc1C. The van der Waals surface area contributed by atoms with Crippen molar-refractivity contribution < 1.29 is 13.9 Å². The predicted molar refractivity (Wildman–Crippen MR) is 117 cm³/mol. The first-order chi connectivity index (χ1) is 14.4. The lowest BCUT2D eigenvalue weighted by Gasteiger charge is -2.11. The summed E-state index contributed by atoms with van der Waals surface area (Å²) in [5.74, 6) is 0.644. The predicted octanol–water partition coefficient (Wildman–Crippen LogP) is 5.02. The molecule has 0 aliphatic rings. The highest BCUT2D eigenvalue weighted by Gasteiger charge is 2.15. The largest absolute Gasteiger partial charge is 0.486 e. The number of nitrogens with one attached hydrogen (secondary N) is 1. The van der Waals surface area contributed by atoms with Gasteiger partial charge >= 0.3 is 0 Å².